The van der Waals surface area contributed by atoms with Gasteiger partial charge in [0.15, 0.2) is 0 Å². The van der Waals surface area contributed by atoms with Gasteiger partial charge in [0.05, 0.1) is 5.56 Å². The number of primary amides is 1. The molecular weight excluding hydrogens is 261 g/mol. The van der Waals surface area contributed by atoms with Gasteiger partial charge in [0, 0.05) is 16.9 Å². The Morgan fingerprint density at radius 2 is 1.70 bits per heavy atom. The quantitative estimate of drug-likeness (QED) is 0.743. The molecule has 0 radical (unpaired) electrons. The van der Waals surface area contributed by atoms with Crippen LogP contribution in [0.2, 0.25) is 0 Å². The summed E-state index contributed by atoms with van der Waals surface area (Å²) in [5, 5.41) is 2.59. The second kappa shape index (κ2) is 5.40. The lowest BCUT2D eigenvalue weighted by Crippen LogP contribution is -2.15. The first kappa shape index (κ1) is 13.5. The molecule has 0 aromatic heterocycles. The van der Waals surface area contributed by atoms with Gasteiger partial charge in [0.2, 0.25) is 5.91 Å². The highest BCUT2D eigenvalue weighted by molar-refractivity contribution is 6.07. The molecule has 0 heterocycles. The summed E-state index contributed by atoms with van der Waals surface area (Å²) < 4.78 is 12.9. The van der Waals surface area contributed by atoms with Crippen LogP contribution in [0.25, 0.3) is 0 Å². The van der Waals surface area contributed by atoms with E-state index in [4.69, 9.17) is 11.5 Å². The van der Waals surface area contributed by atoms with Crippen molar-refractivity contribution in [3.05, 3.63) is 59.4 Å². The zero-order valence-electron chi connectivity index (χ0n) is 10.4. The summed E-state index contributed by atoms with van der Waals surface area (Å²) in [7, 11) is 0. The van der Waals surface area contributed by atoms with Gasteiger partial charge >= 0.3 is 0 Å². The van der Waals surface area contributed by atoms with Crippen molar-refractivity contribution in [2.75, 3.05) is 11.1 Å². The molecule has 2 aromatic carbocycles. The van der Waals surface area contributed by atoms with Gasteiger partial charge in [-0.3, -0.25) is 9.59 Å². The van der Waals surface area contributed by atoms with Gasteiger partial charge in [-0.1, -0.05) is 0 Å². The van der Waals surface area contributed by atoms with E-state index in [1.54, 1.807) is 0 Å². The van der Waals surface area contributed by atoms with Crippen LogP contribution in [-0.4, -0.2) is 11.8 Å². The number of hydrogen-bond donors (Lipinski definition) is 3. The maximum Gasteiger partial charge on any atom is 0.257 e. The van der Waals surface area contributed by atoms with Crippen molar-refractivity contribution in [1.82, 2.24) is 0 Å². The van der Waals surface area contributed by atoms with Gasteiger partial charge in [-0.2, -0.15) is 0 Å². The van der Waals surface area contributed by atoms with Crippen molar-refractivity contribution in [3.8, 4) is 0 Å². The van der Waals surface area contributed by atoms with Crippen LogP contribution in [-0.2, 0) is 0 Å². The minimum Gasteiger partial charge on any atom is -0.398 e. The van der Waals surface area contributed by atoms with Gasteiger partial charge in [0.1, 0.15) is 5.82 Å². The first-order valence-electron chi connectivity index (χ1n) is 5.73. The molecule has 0 unspecified atom stereocenters. The lowest BCUT2D eigenvalue weighted by atomic mass is 10.1. The molecule has 20 heavy (non-hydrogen) atoms. The van der Waals surface area contributed by atoms with Crippen LogP contribution >= 0.6 is 0 Å². The Morgan fingerprint density at radius 1 is 1.05 bits per heavy atom. The Hall–Kier alpha value is -2.89. The number of hydrogen-bond acceptors (Lipinski definition) is 3. The van der Waals surface area contributed by atoms with Gasteiger partial charge in [-0.15, -0.1) is 0 Å². The maximum atomic E-state index is 12.9. The summed E-state index contributed by atoms with van der Waals surface area (Å²) in [6.07, 6.45) is 0. The molecule has 0 atom stereocenters. The Kier molecular flexibility index (Phi) is 3.65. The number of anilines is 2. The molecule has 0 bridgehead atoms. The molecule has 102 valence electrons. The van der Waals surface area contributed by atoms with Gasteiger partial charge in [0.25, 0.3) is 5.91 Å². The topological polar surface area (TPSA) is 98.2 Å². The predicted octanol–water partition coefficient (Wildman–Crippen LogP) is 1.76. The summed E-state index contributed by atoms with van der Waals surface area (Å²) >= 11 is 0. The molecule has 0 aliphatic carbocycles. The van der Waals surface area contributed by atoms with Crippen molar-refractivity contribution in [1.29, 1.82) is 0 Å². The summed E-state index contributed by atoms with van der Waals surface area (Å²) in [6.45, 7) is 0. The number of carbonyl (C=O) groups is 2. The van der Waals surface area contributed by atoms with E-state index in [9.17, 15) is 14.0 Å². The van der Waals surface area contributed by atoms with Crippen molar-refractivity contribution in [2.24, 2.45) is 5.73 Å². The van der Waals surface area contributed by atoms with E-state index in [2.05, 4.69) is 5.32 Å². The highest BCUT2D eigenvalue weighted by atomic mass is 19.1. The molecule has 0 aliphatic heterocycles. The highest BCUT2D eigenvalue weighted by Crippen LogP contribution is 2.16. The van der Waals surface area contributed by atoms with Crippen molar-refractivity contribution >= 4 is 23.2 Å². The van der Waals surface area contributed by atoms with E-state index in [1.807, 2.05) is 0 Å². The lowest BCUT2D eigenvalue weighted by Gasteiger charge is -2.08. The maximum absolute atomic E-state index is 12.9. The van der Waals surface area contributed by atoms with Crippen LogP contribution in [0.4, 0.5) is 15.8 Å². The van der Waals surface area contributed by atoms with E-state index in [0.717, 1.165) is 12.1 Å². The van der Waals surface area contributed by atoms with E-state index in [1.165, 1.54) is 30.3 Å². The molecule has 5 N–H and O–H groups in total. The zero-order valence-corrected chi connectivity index (χ0v) is 10.4. The normalized spacial score (nSPS) is 10.1. The van der Waals surface area contributed by atoms with Crippen molar-refractivity contribution in [3.63, 3.8) is 0 Å². The number of amides is 2. The second-order valence-electron chi connectivity index (χ2n) is 4.13. The molecule has 5 nitrogen and oxygen atoms in total. The first-order chi connectivity index (χ1) is 9.47. The van der Waals surface area contributed by atoms with E-state index in [0.29, 0.717) is 11.3 Å². The number of nitrogens with two attached hydrogens (primary N) is 2. The molecule has 6 heteroatoms. The molecule has 2 rings (SSSR count). The Balaban J connectivity index is 2.17. The average Bonchev–Trinajstić information content (AvgIpc) is 2.39. The van der Waals surface area contributed by atoms with E-state index >= 15 is 0 Å². The third-order valence-corrected chi connectivity index (χ3v) is 2.69. The number of benzene rings is 2. The number of nitrogens with one attached hydrogen (secondary N) is 1. The number of nitrogen functional groups attached to an aromatic ring is 1. The second-order valence-corrected chi connectivity index (χ2v) is 4.13. The third-order valence-electron chi connectivity index (χ3n) is 2.69. The highest BCUT2D eigenvalue weighted by Gasteiger charge is 2.11. The standard InChI is InChI=1S/C14H12FN3O2/c15-9-3-6-11(12(16)7-9)14(20)18-10-4-1-8(2-5-10)13(17)19/h1-7H,16H2,(H2,17,19)(H,18,20). The molecule has 0 saturated carbocycles. The monoisotopic (exact) mass is 273 g/mol. The first-order valence-corrected chi connectivity index (χ1v) is 5.73. The average molecular weight is 273 g/mol. The third kappa shape index (κ3) is 2.92. The Morgan fingerprint density at radius 3 is 2.25 bits per heavy atom. The fraction of sp³-hybridized carbons (Fsp3) is 0. The van der Waals surface area contributed by atoms with Gasteiger partial charge < -0.3 is 16.8 Å². The SMILES string of the molecule is NC(=O)c1ccc(NC(=O)c2ccc(F)cc2N)cc1. The van der Waals surface area contributed by atoms with Crippen LogP contribution in [0.3, 0.4) is 0 Å². The number of carbonyl (C=O) groups excluding carboxylic acids is 2. The zero-order chi connectivity index (χ0) is 14.7. The summed E-state index contributed by atoms with van der Waals surface area (Å²) in [4.78, 5) is 22.9. The van der Waals surface area contributed by atoms with Gasteiger partial charge in [-0.05, 0) is 42.5 Å². The minimum atomic E-state index is -0.550. The smallest absolute Gasteiger partial charge is 0.257 e. The van der Waals surface area contributed by atoms with Gasteiger partial charge in [-0.25, -0.2) is 4.39 Å². The molecule has 0 saturated heterocycles. The fourth-order valence-corrected chi connectivity index (χ4v) is 1.66. The van der Waals surface area contributed by atoms with Crippen LogP contribution < -0.4 is 16.8 Å². The Labute approximate surface area is 114 Å². The minimum absolute atomic E-state index is 0.0521. The van der Waals surface area contributed by atoms with Crippen LogP contribution in [0, 0.1) is 5.82 Å². The van der Waals surface area contributed by atoms with Crippen LogP contribution in [0.5, 0.6) is 0 Å². The van der Waals surface area contributed by atoms with Crippen molar-refractivity contribution < 1.29 is 14.0 Å². The largest absolute Gasteiger partial charge is 0.398 e. The molecule has 2 aromatic rings. The van der Waals surface area contributed by atoms with Crippen LogP contribution in [0.15, 0.2) is 42.5 Å². The fourth-order valence-electron chi connectivity index (χ4n) is 1.66. The number of rotatable bonds is 3. The molecule has 0 spiro atoms. The van der Waals surface area contributed by atoms with E-state index in [-0.39, 0.29) is 11.3 Å². The molecule has 0 aliphatic rings. The molecule has 0 fully saturated rings. The summed E-state index contributed by atoms with van der Waals surface area (Å²) in [5.74, 6) is -1.52. The summed E-state index contributed by atoms with van der Waals surface area (Å²) in [6, 6.07) is 9.59. The van der Waals surface area contributed by atoms with Crippen LogP contribution in [0.1, 0.15) is 20.7 Å². The molecule has 2 amide bonds. The lowest BCUT2D eigenvalue weighted by molar-refractivity contribution is 0.0998. The predicted molar refractivity (Wildman–Crippen MR) is 73.7 cm³/mol. The number of halogens is 1. The Bertz CT molecular complexity index is 669. The summed E-state index contributed by atoms with van der Waals surface area (Å²) in [5.41, 5.74) is 11.7. The molecular formula is C14H12FN3O2. The van der Waals surface area contributed by atoms with E-state index < -0.39 is 17.6 Å². The van der Waals surface area contributed by atoms with Crippen molar-refractivity contribution in [2.45, 2.75) is 0 Å².